The van der Waals surface area contributed by atoms with Gasteiger partial charge >= 0.3 is 12.1 Å². The van der Waals surface area contributed by atoms with E-state index in [4.69, 9.17) is 9.47 Å². The van der Waals surface area contributed by atoms with E-state index >= 15 is 0 Å². The zero-order chi connectivity index (χ0) is 25.4. The fraction of sp³-hybridized carbons (Fsp3) is 0.370. The molecule has 0 N–H and O–H groups in total. The van der Waals surface area contributed by atoms with Crippen LogP contribution in [-0.4, -0.2) is 52.1 Å². The minimum Gasteiger partial charge on any atom is -0.463 e. The van der Waals surface area contributed by atoms with Crippen molar-refractivity contribution in [2.24, 2.45) is 0 Å². The van der Waals surface area contributed by atoms with Crippen molar-refractivity contribution in [3.63, 3.8) is 0 Å². The molecule has 0 saturated carbocycles. The standard InChI is InChI=1S/C27H29BrN2O5/c1-5-34-22(31)15-21-24(32)29(16-18-9-7-6-8-10-18)17-27(21)23(19-11-13-20(28)14-12-19)30(27)25(33)35-26(2,3)4/h6-15,23H,5,16-17H2,1-4H3/b21-15+/t23-,27-,30?/m0/s1. The molecule has 2 amide bonds. The fourth-order valence-corrected chi connectivity index (χ4v) is 4.91. The number of carbonyl (C=O) groups excluding carboxylic acids is 3. The van der Waals surface area contributed by atoms with E-state index in [0.29, 0.717) is 6.54 Å². The Bertz CT molecular complexity index is 1160. The summed E-state index contributed by atoms with van der Waals surface area (Å²) in [4.78, 5) is 42.8. The molecule has 0 aliphatic carbocycles. The van der Waals surface area contributed by atoms with Gasteiger partial charge in [-0.1, -0.05) is 58.4 Å². The van der Waals surface area contributed by atoms with E-state index in [9.17, 15) is 14.4 Å². The number of carbonyl (C=O) groups is 3. The van der Waals surface area contributed by atoms with Crippen LogP contribution in [-0.2, 0) is 25.6 Å². The molecule has 2 aromatic rings. The lowest BCUT2D eigenvalue weighted by molar-refractivity contribution is -0.137. The molecule has 35 heavy (non-hydrogen) atoms. The largest absolute Gasteiger partial charge is 0.463 e. The number of esters is 1. The van der Waals surface area contributed by atoms with Crippen molar-refractivity contribution in [2.45, 2.75) is 51.4 Å². The Kier molecular flexibility index (Phi) is 6.77. The van der Waals surface area contributed by atoms with Gasteiger partial charge in [0.05, 0.1) is 24.8 Å². The second-order valence-electron chi connectivity index (χ2n) is 9.69. The van der Waals surface area contributed by atoms with E-state index in [-0.39, 0.29) is 24.6 Å². The zero-order valence-corrected chi connectivity index (χ0v) is 21.9. The third-order valence-electron chi connectivity index (χ3n) is 6.03. The minimum atomic E-state index is -1.03. The van der Waals surface area contributed by atoms with Crippen molar-refractivity contribution in [1.82, 2.24) is 9.80 Å². The topological polar surface area (TPSA) is 75.9 Å². The first-order valence-electron chi connectivity index (χ1n) is 11.6. The Morgan fingerprint density at radius 1 is 1.11 bits per heavy atom. The fourth-order valence-electron chi connectivity index (χ4n) is 4.64. The summed E-state index contributed by atoms with van der Waals surface area (Å²) in [6, 6.07) is 16.8. The maximum absolute atomic E-state index is 13.7. The molecule has 8 heteroatoms. The number of amides is 2. The summed E-state index contributed by atoms with van der Waals surface area (Å²) in [5.74, 6) is -0.905. The lowest BCUT2D eigenvalue weighted by atomic mass is 9.93. The predicted octanol–water partition coefficient (Wildman–Crippen LogP) is 5.01. The van der Waals surface area contributed by atoms with Crippen LogP contribution in [0.15, 0.2) is 70.7 Å². The van der Waals surface area contributed by atoms with E-state index < -0.39 is 29.2 Å². The SMILES string of the molecule is CCOC(=O)/C=C1\C(=O)N(Cc2ccccc2)C[C@@]12[C@H](c1ccc(Br)cc1)N2C(=O)OC(C)(C)C. The van der Waals surface area contributed by atoms with Crippen molar-refractivity contribution >= 4 is 33.9 Å². The summed E-state index contributed by atoms with van der Waals surface area (Å²) in [6.45, 7) is 7.89. The summed E-state index contributed by atoms with van der Waals surface area (Å²) in [5.41, 5.74) is 0.295. The molecule has 2 aliphatic heterocycles. The monoisotopic (exact) mass is 540 g/mol. The van der Waals surface area contributed by atoms with Crippen molar-refractivity contribution in [2.75, 3.05) is 13.2 Å². The number of hydrogen-bond donors (Lipinski definition) is 0. The van der Waals surface area contributed by atoms with E-state index in [0.717, 1.165) is 15.6 Å². The van der Waals surface area contributed by atoms with Crippen LogP contribution < -0.4 is 0 Å². The number of rotatable bonds is 5. The highest BCUT2D eigenvalue weighted by atomic mass is 79.9. The van der Waals surface area contributed by atoms with Crippen LogP contribution in [0.4, 0.5) is 4.79 Å². The normalized spacial score (nSPS) is 22.6. The highest BCUT2D eigenvalue weighted by Gasteiger charge is 2.74. The second kappa shape index (κ2) is 9.49. The van der Waals surface area contributed by atoms with Gasteiger partial charge in [-0.25, -0.2) is 9.59 Å². The summed E-state index contributed by atoms with van der Waals surface area (Å²) >= 11 is 3.45. The van der Waals surface area contributed by atoms with Crippen molar-refractivity contribution < 1.29 is 23.9 Å². The Morgan fingerprint density at radius 3 is 2.37 bits per heavy atom. The molecule has 1 spiro atoms. The lowest BCUT2D eigenvalue weighted by Gasteiger charge is -2.21. The molecule has 0 aromatic heterocycles. The summed E-state index contributed by atoms with van der Waals surface area (Å²) in [5, 5.41) is 0. The summed E-state index contributed by atoms with van der Waals surface area (Å²) in [7, 11) is 0. The van der Waals surface area contributed by atoms with Gasteiger partial charge in [-0.2, -0.15) is 0 Å². The molecule has 2 atom stereocenters. The number of nitrogens with zero attached hydrogens (tertiary/aromatic N) is 2. The first-order chi connectivity index (χ1) is 16.6. The van der Waals surface area contributed by atoms with Gasteiger partial charge in [-0.3, -0.25) is 9.69 Å². The maximum atomic E-state index is 13.7. The van der Waals surface area contributed by atoms with Crippen LogP contribution >= 0.6 is 15.9 Å². The van der Waals surface area contributed by atoms with E-state index in [1.165, 1.54) is 6.08 Å². The predicted molar refractivity (Wildman–Crippen MR) is 134 cm³/mol. The third kappa shape index (κ3) is 4.98. The summed E-state index contributed by atoms with van der Waals surface area (Å²) < 4.78 is 11.7. The molecular weight excluding hydrogens is 512 g/mol. The van der Waals surface area contributed by atoms with Gasteiger partial charge in [0.15, 0.2) is 0 Å². The zero-order valence-electron chi connectivity index (χ0n) is 20.3. The molecule has 2 heterocycles. The Balaban J connectivity index is 1.79. The Hall–Kier alpha value is -3.13. The average molecular weight is 541 g/mol. The van der Waals surface area contributed by atoms with Crippen LogP contribution in [0.25, 0.3) is 0 Å². The van der Waals surface area contributed by atoms with Crippen molar-refractivity contribution in [3.8, 4) is 0 Å². The third-order valence-corrected chi connectivity index (χ3v) is 6.56. The number of benzene rings is 2. The summed E-state index contributed by atoms with van der Waals surface area (Å²) in [6.07, 6.45) is 0.710. The first-order valence-corrected chi connectivity index (χ1v) is 12.4. The minimum absolute atomic E-state index is 0.184. The number of ether oxygens (including phenoxy) is 2. The van der Waals surface area contributed by atoms with E-state index in [1.54, 1.807) is 37.5 Å². The Morgan fingerprint density at radius 2 is 1.77 bits per heavy atom. The molecule has 0 unspecified atom stereocenters. The van der Waals surface area contributed by atoms with E-state index in [2.05, 4.69) is 15.9 Å². The first kappa shape index (κ1) is 25.0. The molecule has 2 aliphatic rings. The van der Waals surface area contributed by atoms with Crippen LogP contribution in [0.5, 0.6) is 0 Å². The number of likely N-dealkylation sites (tertiary alicyclic amines) is 1. The molecule has 7 nitrogen and oxygen atoms in total. The number of halogens is 1. The molecule has 4 rings (SSSR count). The molecule has 0 bridgehead atoms. The van der Waals surface area contributed by atoms with Gasteiger partial charge in [0.2, 0.25) is 0 Å². The van der Waals surface area contributed by atoms with Crippen LogP contribution in [0.2, 0.25) is 0 Å². The second-order valence-corrected chi connectivity index (χ2v) is 10.6. The molecule has 2 aromatic carbocycles. The van der Waals surface area contributed by atoms with Crippen LogP contribution in [0.3, 0.4) is 0 Å². The molecule has 184 valence electrons. The van der Waals surface area contributed by atoms with E-state index in [1.807, 2.05) is 54.6 Å². The molecule has 0 radical (unpaired) electrons. The van der Waals surface area contributed by atoms with Gasteiger partial charge in [-0.15, -0.1) is 0 Å². The van der Waals surface area contributed by atoms with Gasteiger partial charge in [0.1, 0.15) is 11.1 Å². The van der Waals surface area contributed by atoms with Crippen molar-refractivity contribution in [1.29, 1.82) is 0 Å². The van der Waals surface area contributed by atoms with Crippen molar-refractivity contribution in [3.05, 3.63) is 81.8 Å². The van der Waals surface area contributed by atoms with Gasteiger partial charge < -0.3 is 14.4 Å². The molecule has 2 fully saturated rings. The molecular formula is C27H29BrN2O5. The number of hydrogen-bond acceptors (Lipinski definition) is 5. The van der Waals surface area contributed by atoms with Gasteiger partial charge in [0.25, 0.3) is 5.91 Å². The maximum Gasteiger partial charge on any atom is 0.411 e. The van der Waals surface area contributed by atoms with Gasteiger partial charge in [0, 0.05) is 17.1 Å². The smallest absolute Gasteiger partial charge is 0.411 e. The van der Waals surface area contributed by atoms with Gasteiger partial charge in [-0.05, 0) is 51.0 Å². The van der Waals surface area contributed by atoms with Crippen LogP contribution in [0, 0.1) is 0 Å². The highest BCUT2D eigenvalue weighted by molar-refractivity contribution is 9.10. The molecule has 2 saturated heterocycles. The van der Waals surface area contributed by atoms with Crippen LogP contribution in [0.1, 0.15) is 44.9 Å². The average Bonchev–Trinajstić information content (AvgIpc) is 3.38. The lowest BCUT2D eigenvalue weighted by Crippen LogP contribution is -2.33. The Labute approximate surface area is 213 Å². The quantitative estimate of drug-likeness (QED) is 0.302. The highest BCUT2D eigenvalue weighted by Crippen LogP contribution is 2.61.